The molecule has 1 saturated heterocycles. The van der Waals surface area contributed by atoms with Crippen molar-refractivity contribution in [1.82, 2.24) is 0 Å². The first kappa shape index (κ1) is 17.1. The average Bonchev–Trinajstić information content (AvgIpc) is 2.96. The van der Waals surface area contributed by atoms with E-state index in [0.717, 1.165) is 0 Å². The van der Waals surface area contributed by atoms with Crippen LogP contribution in [0.3, 0.4) is 0 Å². The summed E-state index contributed by atoms with van der Waals surface area (Å²) >= 11 is 6.02. The third-order valence-corrected chi connectivity index (χ3v) is 4.28. The highest BCUT2D eigenvalue weighted by Crippen LogP contribution is 2.35. The molecule has 2 N–H and O–H groups in total. The van der Waals surface area contributed by atoms with Gasteiger partial charge in [-0.1, -0.05) is 17.7 Å². The molecule has 1 fully saturated rings. The standard InChI is InChI=1S/C18H17ClN2O4/c1-25-16-6-5-12(19)8-15(16)21-10-11(7-17(21)23)18(24)20-13-3-2-4-14(22)9-13/h2-6,8-9,11,22H,7,10H2,1H3,(H,20,24)/t11-/m0/s1. The van der Waals surface area contributed by atoms with E-state index in [1.165, 1.54) is 24.1 Å². The SMILES string of the molecule is COc1ccc(Cl)cc1N1C[C@@H](C(=O)Nc2cccc(O)c2)CC1=O. The van der Waals surface area contributed by atoms with Gasteiger partial charge in [0.2, 0.25) is 11.8 Å². The second-order valence-corrected chi connectivity index (χ2v) is 6.20. The lowest BCUT2D eigenvalue weighted by Gasteiger charge is -2.20. The first-order chi connectivity index (χ1) is 12.0. The number of phenolic OH excluding ortho intramolecular Hbond substituents is 1. The Labute approximate surface area is 150 Å². The minimum Gasteiger partial charge on any atom is -0.508 e. The lowest BCUT2D eigenvalue weighted by molar-refractivity contribution is -0.122. The van der Waals surface area contributed by atoms with Crippen molar-refractivity contribution in [2.45, 2.75) is 6.42 Å². The van der Waals surface area contributed by atoms with Crippen molar-refractivity contribution in [3.8, 4) is 11.5 Å². The molecule has 0 bridgehead atoms. The number of nitrogens with one attached hydrogen (secondary N) is 1. The number of anilines is 2. The highest BCUT2D eigenvalue weighted by molar-refractivity contribution is 6.31. The van der Waals surface area contributed by atoms with Crippen molar-refractivity contribution in [3.05, 3.63) is 47.5 Å². The Bertz CT molecular complexity index is 824. The van der Waals surface area contributed by atoms with E-state index in [1.807, 2.05) is 0 Å². The van der Waals surface area contributed by atoms with Gasteiger partial charge >= 0.3 is 0 Å². The minimum absolute atomic E-state index is 0.0607. The summed E-state index contributed by atoms with van der Waals surface area (Å²) in [6, 6.07) is 11.3. The zero-order chi connectivity index (χ0) is 18.0. The van der Waals surface area contributed by atoms with Crippen LogP contribution in [0.2, 0.25) is 5.02 Å². The number of halogens is 1. The molecule has 2 amide bonds. The Kier molecular flexibility index (Phi) is 4.81. The summed E-state index contributed by atoms with van der Waals surface area (Å²) in [5.74, 6) is -0.366. The lowest BCUT2D eigenvalue weighted by Crippen LogP contribution is -2.28. The fourth-order valence-corrected chi connectivity index (χ4v) is 2.98. The average molecular weight is 361 g/mol. The Hall–Kier alpha value is -2.73. The van der Waals surface area contributed by atoms with Crippen LogP contribution in [0.1, 0.15) is 6.42 Å². The maximum Gasteiger partial charge on any atom is 0.229 e. The van der Waals surface area contributed by atoms with Crippen LogP contribution in [-0.4, -0.2) is 30.6 Å². The highest BCUT2D eigenvalue weighted by atomic mass is 35.5. The predicted octanol–water partition coefficient (Wildman–Crippen LogP) is 3.05. The molecule has 3 rings (SSSR count). The van der Waals surface area contributed by atoms with Gasteiger partial charge in [-0.2, -0.15) is 0 Å². The molecule has 2 aromatic carbocycles. The fourth-order valence-electron chi connectivity index (χ4n) is 2.82. The van der Waals surface area contributed by atoms with E-state index in [1.54, 1.807) is 30.3 Å². The van der Waals surface area contributed by atoms with Crippen LogP contribution < -0.4 is 15.0 Å². The maximum atomic E-state index is 12.4. The molecule has 0 unspecified atom stereocenters. The van der Waals surface area contributed by atoms with Gasteiger partial charge in [-0.05, 0) is 30.3 Å². The summed E-state index contributed by atoms with van der Waals surface area (Å²) in [7, 11) is 1.51. The number of nitrogens with zero attached hydrogens (tertiary/aromatic N) is 1. The zero-order valence-electron chi connectivity index (χ0n) is 13.5. The summed E-state index contributed by atoms with van der Waals surface area (Å²) in [4.78, 5) is 26.3. The van der Waals surface area contributed by atoms with E-state index in [2.05, 4.69) is 5.32 Å². The number of benzene rings is 2. The monoisotopic (exact) mass is 360 g/mol. The highest BCUT2D eigenvalue weighted by Gasteiger charge is 2.36. The number of ether oxygens (including phenoxy) is 1. The van der Waals surface area contributed by atoms with Crippen LogP contribution >= 0.6 is 11.6 Å². The summed E-state index contributed by atoms with van der Waals surface area (Å²) < 4.78 is 5.28. The summed E-state index contributed by atoms with van der Waals surface area (Å²) in [6.07, 6.45) is 0.0975. The number of aromatic hydroxyl groups is 1. The zero-order valence-corrected chi connectivity index (χ0v) is 14.3. The summed E-state index contributed by atoms with van der Waals surface area (Å²) in [5, 5.41) is 12.7. The molecule has 7 heteroatoms. The normalized spacial score (nSPS) is 16.8. The number of hydrogen-bond acceptors (Lipinski definition) is 4. The number of carbonyl (C=O) groups excluding carboxylic acids is 2. The molecule has 0 saturated carbocycles. The van der Waals surface area contributed by atoms with Crippen molar-refractivity contribution in [3.63, 3.8) is 0 Å². The third-order valence-electron chi connectivity index (χ3n) is 4.04. The second kappa shape index (κ2) is 7.03. The van der Waals surface area contributed by atoms with Gasteiger partial charge in [0.25, 0.3) is 0 Å². The van der Waals surface area contributed by atoms with E-state index in [0.29, 0.717) is 22.1 Å². The van der Waals surface area contributed by atoms with E-state index in [-0.39, 0.29) is 30.5 Å². The quantitative estimate of drug-likeness (QED) is 0.878. The molecule has 0 spiro atoms. The van der Waals surface area contributed by atoms with Gasteiger partial charge in [-0.3, -0.25) is 9.59 Å². The van der Waals surface area contributed by atoms with Gasteiger partial charge in [-0.15, -0.1) is 0 Å². The fraction of sp³-hybridized carbons (Fsp3) is 0.222. The van der Waals surface area contributed by atoms with Crippen LogP contribution in [0.25, 0.3) is 0 Å². The van der Waals surface area contributed by atoms with Gasteiger partial charge in [0.15, 0.2) is 0 Å². The largest absolute Gasteiger partial charge is 0.508 e. The van der Waals surface area contributed by atoms with E-state index in [4.69, 9.17) is 16.3 Å². The lowest BCUT2D eigenvalue weighted by atomic mass is 10.1. The first-order valence-corrected chi connectivity index (χ1v) is 8.09. The van der Waals surface area contributed by atoms with Crippen molar-refractivity contribution < 1.29 is 19.4 Å². The third kappa shape index (κ3) is 3.69. The van der Waals surface area contributed by atoms with Crippen LogP contribution in [0.15, 0.2) is 42.5 Å². The minimum atomic E-state index is -0.501. The Morgan fingerprint density at radius 2 is 2.12 bits per heavy atom. The molecule has 130 valence electrons. The number of phenols is 1. The number of rotatable bonds is 4. The molecular formula is C18H17ClN2O4. The van der Waals surface area contributed by atoms with Crippen molar-refractivity contribution in [1.29, 1.82) is 0 Å². The maximum absolute atomic E-state index is 12.4. The van der Waals surface area contributed by atoms with Gasteiger partial charge in [0, 0.05) is 29.7 Å². The predicted molar refractivity (Wildman–Crippen MR) is 95.2 cm³/mol. The van der Waals surface area contributed by atoms with Gasteiger partial charge < -0.3 is 20.1 Å². The van der Waals surface area contributed by atoms with E-state index in [9.17, 15) is 14.7 Å². The smallest absolute Gasteiger partial charge is 0.229 e. The molecule has 0 aliphatic carbocycles. The molecule has 6 nitrogen and oxygen atoms in total. The van der Waals surface area contributed by atoms with Crippen LogP contribution in [0.4, 0.5) is 11.4 Å². The van der Waals surface area contributed by atoms with E-state index < -0.39 is 5.92 Å². The Morgan fingerprint density at radius 1 is 1.32 bits per heavy atom. The molecule has 0 aromatic heterocycles. The number of carbonyl (C=O) groups is 2. The second-order valence-electron chi connectivity index (χ2n) is 5.76. The topological polar surface area (TPSA) is 78.9 Å². The Balaban J connectivity index is 1.76. The molecule has 1 aliphatic heterocycles. The molecule has 1 atom stereocenters. The van der Waals surface area contributed by atoms with Gasteiger partial charge in [-0.25, -0.2) is 0 Å². The molecular weight excluding hydrogens is 344 g/mol. The Morgan fingerprint density at radius 3 is 2.84 bits per heavy atom. The van der Waals surface area contributed by atoms with Crippen LogP contribution in [-0.2, 0) is 9.59 Å². The first-order valence-electron chi connectivity index (χ1n) is 7.71. The molecule has 25 heavy (non-hydrogen) atoms. The number of amides is 2. The molecule has 0 radical (unpaired) electrons. The van der Waals surface area contributed by atoms with Crippen LogP contribution in [0, 0.1) is 5.92 Å². The van der Waals surface area contributed by atoms with Gasteiger partial charge in [0.05, 0.1) is 18.7 Å². The molecule has 2 aromatic rings. The summed E-state index contributed by atoms with van der Waals surface area (Å²) in [6.45, 7) is 0.236. The van der Waals surface area contributed by atoms with Crippen molar-refractivity contribution in [2.75, 3.05) is 23.9 Å². The van der Waals surface area contributed by atoms with Crippen molar-refractivity contribution >= 4 is 34.8 Å². The number of methoxy groups -OCH3 is 1. The van der Waals surface area contributed by atoms with Crippen molar-refractivity contribution in [2.24, 2.45) is 5.92 Å². The summed E-state index contributed by atoms with van der Waals surface area (Å²) in [5.41, 5.74) is 1.03. The van der Waals surface area contributed by atoms with Gasteiger partial charge in [0.1, 0.15) is 11.5 Å². The van der Waals surface area contributed by atoms with Crippen LogP contribution in [0.5, 0.6) is 11.5 Å². The number of hydrogen-bond donors (Lipinski definition) is 2. The molecule has 1 aliphatic rings. The molecule has 1 heterocycles. The van der Waals surface area contributed by atoms with E-state index >= 15 is 0 Å².